The number of carbonyl (C=O) groups excluding carboxylic acids is 1. The summed E-state index contributed by atoms with van der Waals surface area (Å²) in [6.07, 6.45) is 3.71. The highest BCUT2D eigenvalue weighted by Gasteiger charge is 2.15. The number of hydrogen-bond acceptors (Lipinski definition) is 3. The summed E-state index contributed by atoms with van der Waals surface area (Å²) in [5.74, 6) is 0.0852. The van der Waals surface area contributed by atoms with Gasteiger partial charge in [0.1, 0.15) is 0 Å². The van der Waals surface area contributed by atoms with Gasteiger partial charge in [-0.05, 0) is 58.1 Å². The van der Waals surface area contributed by atoms with Crippen LogP contribution in [0.4, 0.5) is 5.82 Å². The van der Waals surface area contributed by atoms with Crippen LogP contribution in [0.15, 0.2) is 52.0 Å². The molecule has 9 heteroatoms. The summed E-state index contributed by atoms with van der Waals surface area (Å²) in [5.41, 5.74) is 1.34. The Kier molecular flexibility index (Phi) is 6.76. The predicted molar refractivity (Wildman–Crippen MR) is 117 cm³/mol. The Balaban J connectivity index is 1.78. The van der Waals surface area contributed by atoms with E-state index in [0.29, 0.717) is 37.5 Å². The molecule has 0 aliphatic rings. The minimum atomic E-state index is -0.323. The maximum atomic E-state index is 12.6. The second-order valence-corrected chi connectivity index (χ2v) is 8.53. The lowest BCUT2D eigenvalue weighted by Crippen LogP contribution is -2.14. The molecule has 0 atom stereocenters. The molecule has 0 spiro atoms. The summed E-state index contributed by atoms with van der Waals surface area (Å²) in [6, 6.07) is 10.7. The molecule has 0 radical (unpaired) electrons. The van der Waals surface area contributed by atoms with Crippen molar-refractivity contribution in [2.24, 2.45) is 0 Å². The lowest BCUT2D eigenvalue weighted by molar-refractivity contribution is 0.102. The SMILES string of the molecule is CSc1ccc(Cl)c(C(=O)Nc2nn(Cc3ccc(Cl)c(Cl)c3)cc2Br)c1. The van der Waals surface area contributed by atoms with Crippen molar-refractivity contribution >= 4 is 74.2 Å². The average molecular weight is 506 g/mol. The van der Waals surface area contributed by atoms with Crippen molar-refractivity contribution in [1.82, 2.24) is 9.78 Å². The Morgan fingerprint density at radius 3 is 2.59 bits per heavy atom. The van der Waals surface area contributed by atoms with Crippen LogP contribution in [0.3, 0.4) is 0 Å². The number of anilines is 1. The maximum Gasteiger partial charge on any atom is 0.258 e. The first-order valence-electron chi connectivity index (χ1n) is 7.69. The van der Waals surface area contributed by atoms with Crippen LogP contribution >= 0.6 is 62.5 Å². The quantitative estimate of drug-likeness (QED) is 0.396. The molecule has 27 heavy (non-hydrogen) atoms. The molecule has 3 rings (SSSR count). The molecule has 1 aromatic heterocycles. The van der Waals surface area contributed by atoms with Gasteiger partial charge in [-0.1, -0.05) is 40.9 Å². The fraction of sp³-hybridized carbons (Fsp3) is 0.111. The highest BCUT2D eigenvalue weighted by Crippen LogP contribution is 2.27. The lowest BCUT2D eigenvalue weighted by Gasteiger charge is -2.07. The van der Waals surface area contributed by atoms with Gasteiger partial charge in [0.05, 0.1) is 31.6 Å². The molecule has 1 heterocycles. The Hall–Kier alpha value is -1.18. The normalized spacial score (nSPS) is 10.9. The van der Waals surface area contributed by atoms with E-state index in [2.05, 4.69) is 26.3 Å². The van der Waals surface area contributed by atoms with Gasteiger partial charge in [-0.3, -0.25) is 9.48 Å². The third-order valence-electron chi connectivity index (χ3n) is 3.70. The average Bonchev–Trinajstić information content (AvgIpc) is 2.97. The fourth-order valence-corrected chi connectivity index (χ4v) is 3.75. The van der Waals surface area contributed by atoms with Crippen LogP contribution in [0, 0.1) is 0 Å². The third-order valence-corrected chi connectivity index (χ3v) is 6.07. The van der Waals surface area contributed by atoms with E-state index < -0.39 is 0 Å². The van der Waals surface area contributed by atoms with E-state index in [1.165, 1.54) is 11.8 Å². The summed E-state index contributed by atoms with van der Waals surface area (Å²) in [4.78, 5) is 13.6. The second-order valence-electron chi connectivity index (χ2n) is 5.57. The fourth-order valence-electron chi connectivity index (χ4n) is 2.37. The number of aromatic nitrogens is 2. The van der Waals surface area contributed by atoms with Crippen LogP contribution in [0.5, 0.6) is 0 Å². The Morgan fingerprint density at radius 1 is 1.15 bits per heavy atom. The van der Waals surface area contributed by atoms with E-state index in [9.17, 15) is 4.79 Å². The molecule has 1 N–H and O–H groups in total. The molecule has 0 aliphatic carbocycles. The first-order valence-corrected chi connectivity index (χ1v) is 10.8. The number of thioether (sulfide) groups is 1. The number of halogens is 4. The van der Waals surface area contributed by atoms with E-state index in [0.717, 1.165) is 10.5 Å². The Bertz CT molecular complexity index is 1010. The number of benzene rings is 2. The number of rotatable bonds is 5. The van der Waals surface area contributed by atoms with E-state index in [1.54, 1.807) is 35.1 Å². The van der Waals surface area contributed by atoms with Gasteiger partial charge in [0.15, 0.2) is 5.82 Å². The van der Waals surface area contributed by atoms with E-state index in [-0.39, 0.29) is 5.91 Å². The molecule has 3 aromatic rings. The Morgan fingerprint density at radius 2 is 1.89 bits per heavy atom. The first kappa shape index (κ1) is 20.6. The molecule has 0 aliphatic heterocycles. The molecule has 0 saturated heterocycles. The number of amides is 1. The van der Waals surface area contributed by atoms with Crippen LogP contribution in [-0.2, 0) is 6.54 Å². The topological polar surface area (TPSA) is 46.9 Å². The van der Waals surface area contributed by atoms with E-state index in [4.69, 9.17) is 34.8 Å². The van der Waals surface area contributed by atoms with Crippen LogP contribution in [0.25, 0.3) is 0 Å². The summed E-state index contributed by atoms with van der Waals surface area (Å²) >= 11 is 23.1. The van der Waals surface area contributed by atoms with E-state index in [1.807, 2.05) is 18.4 Å². The minimum Gasteiger partial charge on any atom is -0.304 e. The highest BCUT2D eigenvalue weighted by atomic mass is 79.9. The zero-order chi connectivity index (χ0) is 19.6. The smallest absolute Gasteiger partial charge is 0.258 e. The van der Waals surface area contributed by atoms with Gasteiger partial charge < -0.3 is 5.32 Å². The van der Waals surface area contributed by atoms with Crippen molar-refractivity contribution in [1.29, 1.82) is 0 Å². The van der Waals surface area contributed by atoms with Crippen molar-refractivity contribution in [3.63, 3.8) is 0 Å². The van der Waals surface area contributed by atoms with Crippen LogP contribution in [0.2, 0.25) is 15.1 Å². The molecule has 140 valence electrons. The van der Waals surface area contributed by atoms with Crippen molar-refractivity contribution in [2.75, 3.05) is 11.6 Å². The molecule has 0 unspecified atom stereocenters. The van der Waals surface area contributed by atoms with Crippen molar-refractivity contribution in [3.05, 3.63) is 73.3 Å². The minimum absolute atomic E-state index is 0.323. The zero-order valence-corrected chi connectivity index (χ0v) is 18.6. The molecular formula is C18H13BrCl3N3OS. The van der Waals surface area contributed by atoms with Gasteiger partial charge in [0, 0.05) is 11.1 Å². The number of carbonyl (C=O) groups is 1. The second kappa shape index (κ2) is 8.88. The summed E-state index contributed by atoms with van der Waals surface area (Å²) in [6.45, 7) is 0.480. The lowest BCUT2D eigenvalue weighted by atomic mass is 10.2. The highest BCUT2D eigenvalue weighted by molar-refractivity contribution is 9.10. The first-order chi connectivity index (χ1) is 12.9. The van der Waals surface area contributed by atoms with Gasteiger partial charge in [-0.15, -0.1) is 11.8 Å². The third kappa shape index (κ3) is 5.00. The van der Waals surface area contributed by atoms with Crippen LogP contribution < -0.4 is 5.32 Å². The largest absolute Gasteiger partial charge is 0.304 e. The van der Waals surface area contributed by atoms with Crippen molar-refractivity contribution in [2.45, 2.75) is 11.4 Å². The Labute approximate surface area is 184 Å². The number of hydrogen-bond donors (Lipinski definition) is 1. The predicted octanol–water partition coefficient (Wildman–Crippen LogP) is 6.63. The zero-order valence-electron chi connectivity index (χ0n) is 14.0. The van der Waals surface area contributed by atoms with Gasteiger partial charge in [0.25, 0.3) is 5.91 Å². The molecular weight excluding hydrogens is 493 g/mol. The molecule has 0 fully saturated rings. The molecule has 4 nitrogen and oxygen atoms in total. The van der Waals surface area contributed by atoms with Crippen molar-refractivity contribution < 1.29 is 4.79 Å². The standard InChI is InChI=1S/C18H13BrCl3N3OS/c1-27-11-3-5-14(20)12(7-11)18(26)23-17-13(19)9-25(24-17)8-10-2-4-15(21)16(22)6-10/h2-7,9H,8H2,1H3,(H,23,24,26). The summed E-state index contributed by atoms with van der Waals surface area (Å²) in [5, 5.41) is 8.56. The monoisotopic (exact) mass is 503 g/mol. The van der Waals surface area contributed by atoms with Crippen LogP contribution in [-0.4, -0.2) is 21.9 Å². The van der Waals surface area contributed by atoms with Crippen LogP contribution in [0.1, 0.15) is 15.9 Å². The van der Waals surface area contributed by atoms with E-state index >= 15 is 0 Å². The summed E-state index contributed by atoms with van der Waals surface area (Å²) in [7, 11) is 0. The molecule has 0 saturated carbocycles. The maximum absolute atomic E-state index is 12.6. The van der Waals surface area contributed by atoms with Gasteiger partial charge in [-0.2, -0.15) is 5.10 Å². The van der Waals surface area contributed by atoms with Gasteiger partial charge >= 0.3 is 0 Å². The van der Waals surface area contributed by atoms with Crippen molar-refractivity contribution in [3.8, 4) is 0 Å². The number of nitrogens with one attached hydrogen (secondary N) is 1. The van der Waals surface area contributed by atoms with Gasteiger partial charge in [0.2, 0.25) is 0 Å². The summed E-state index contributed by atoms with van der Waals surface area (Å²) < 4.78 is 2.35. The number of nitrogens with zero attached hydrogens (tertiary/aromatic N) is 2. The van der Waals surface area contributed by atoms with Gasteiger partial charge in [-0.25, -0.2) is 0 Å². The molecule has 0 bridgehead atoms. The molecule has 1 amide bonds. The molecule has 2 aromatic carbocycles.